The fourth-order valence-electron chi connectivity index (χ4n) is 3.63. The van der Waals surface area contributed by atoms with Crippen LogP contribution < -0.4 is 5.32 Å². The monoisotopic (exact) mass is 443 g/mol. The van der Waals surface area contributed by atoms with Crippen molar-refractivity contribution >= 4 is 16.0 Å². The van der Waals surface area contributed by atoms with Gasteiger partial charge in [-0.15, -0.1) is 0 Å². The Morgan fingerprint density at radius 3 is 2.29 bits per heavy atom. The second-order valence-electron chi connectivity index (χ2n) is 7.81. The van der Waals surface area contributed by atoms with Gasteiger partial charge in [-0.1, -0.05) is 48.5 Å². The predicted molar refractivity (Wildman–Crippen MR) is 125 cm³/mol. The molecule has 1 aliphatic heterocycles. The highest BCUT2D eigenvalue weighted by Gasteiger charge is 2.22. The standard InChI is InChI=1S/C23H33N5O2S/c1-4-24-23(25-18-21-12-8-9-13-22(21)31(29,30)26(2)3)28-16-14-27(15-17-28)19-20-10-6-5-7-11-20/h5-13H,4,14-19H2,1-3H3,(H,24,25). The van der Waals surface area contributed by atoms with Gasteiger partial charge in [0.25, 0.3) is 0 Å². The lowest BCUT2D eigenvalue weighted by Gasteiger charge is -2.36. The Morgan fingerprint density at radius 1 is 1.00 bits per heavy atom. The molecule has 0 radical (unpaired) electrons. The van der Waals surface area contributed by atoms with E-state index in [9.17, 15) is 8.42 Å². The van der Waals surface area contributed by atoms with Crippen molar-refractivity contribution in [3.63, 3.8) is 0 Å². The van der Waals surface area contributed by atoms with E-state index < -0.39 is 10.0 Å². The van der Waals surface area contributed by atoms with Crippen LogP contribution in [-0.4, -0.2) is 75.3 Å². The summed E-state index contributed by atoms with van der Waals surface area (Å²) >= 11 is 0. The summed E-state index contributed by atoms with van der Waals surface area (Å²) in [7, 11) is -0.406. The molecule has 0 aliphatic carbocycles. The van der Waals surface area contributed by atoms with E-state index in [0.29, 0.717) is 17.0 Å². The van der Waals surface area contributed by atoms with Gasteiger partial charge in [0.05, 0.1) is 11.4 Å². The van der Waals surface area contributed by atoms with E-state index >= 15 is 0 Å². The quantitative estimate of drug-likeness (QED) is 0.525. The van der Waals surface area contributed by atoms with E-state index in [0.717, 1.165) is 45.2 Å². The van der Waals surface area contributed by atoms with Crippen molar-refractivity contribution in [3.05, 3.63) is 65.7 Å². The molecule has 0 spiro atoms. The molecule has 1 aliphatic rings. The number of hydrogen-bond donors (Lipinski definition) is 1. The Morgan fingerprint density at radius 2 is 1.65 bits per heavy atom. The normalized spacial score (nSPS) is 16.0. The number of benzene rings is 2. The van der Waals surface area contributed by atoms with Gasteiger partial charge in [-0.25, -0.2) is 17.7 Å². The lowest BCUT2D eigenvalue weighted by molar-refractivity contribution is 0.172. The molecule has 0 unspecified atom stereocenters. The maximum atomic E-state index is 12.7. The molecule has 0 bridgehead atoms. The first kappa shape index (κ1) is 23.2. The minimum absolute atomic E-state index is 0.312. The lowest BCUT2D eigenvalue weighted by Crippen LogP contribution is -2.52. The maximum Gasteiger partial charge on any atom is 0.242 e. The van der Waals surface area contributed by atoms with Gasteiger partial charge in [0, 0.05) is 53.4 Å². The summed E-state index contributed by atoms with van der Waals surface area (Å²) in [5.74, 6) is 0.832. The molecule has 8 heteroatoms. The Labute approximate surface area is 186 Å². The van der Waals surface area contributed by atoms with Gasteiger partial charge in [-0.3, -0.25) is 4.90 Å². The summed E-state index contributed by atoms with van der Waals surface area (Å²) in [4.78, 5) is 9.80. The van der Waals surface area contributed by atoms with Crippen LogP contribution in [0.5, 0.6) is 0 Å². The van der Waals surface area contributed by atoms with Crippen molar-refractivity contribution in [2.24, 2.45) is 4.99 Å². The Bertz CT molecular complexity index is 968. The highest BCUT2D eigenvalue weighted by molar-refractivity contribution is 7.89. The zero-order valence-corrected chi connectivity index (χ0v) is 19.5. The SMILES string of the molecule is CCNC(=NCc1ccccc1S(=O)(=O)N(C)C)N1CCN(Cc2ccccc2)CC1. The summed E-state index contributed by atoms with van der Waals surface area (Å²) in [5, 5.41) is 3.37. The molecule has 1 fully saturated rings. The van der Waals surface area contributed by atoms with Crippen LogP contribution in [0.4, 0.5) is 0 Å². The fourth-order valence-corrected chi connectivity index (χ4v) is 4.74. The molecule has 0 saturated carbocycles. The largest absolute Gasteiger partial charge is 0.357 e. The summed E-state index contributed by atoms with van der Waals surface area (Å²) in [6, 6.07) is 17.6. The third-order valence-electron chi connectivity index (χ3n) is 5.39. The third-order valence-corrected chi connectivity index (χ3v) is 7.30. The smallest absolute Gasteiger partial charge is 0.242 e. The summed E-state index contributed by atoms with van der Waals surface area (Å²) in [6.45, 7) is 7.78. The van der Waals surface area contributed by atoms with Crippen LogP contribution >= 0.6 is 0 Å². The van der Waals surface area contributed by atoms with E-state index in [2.05, 4.69) is 39.4 Å². The predicted octanol–water partition coefficient (Wildman–Crippen LogP) is 2.22. The Hall–Kier alpha value is -2.42. The van der Waals surface area contributed by atoms with Crippen molar-refractivity contribution in [2.75, 3.05) is 46.8 Å². The molecule has 7 nitrogen and oxygen atoms in total. The van der Waals surface area contributed by atoms with Crippen LogP contribution in [0.1, 0.15) is 18.1 Å². The molecule has 1 heterocycles. The fraction of sp³-hybridized carbons (Fsp3) is 0.435. The lowest BCUT2D eigenvalue weighted by atomic mass is 10.2. The molecule has 31 heavy (non-hydrogen) atoms. The van der Waals surface area contributed by atoms with Crippen molar-refractivity contribution < 1.29 is 8.42 Å². The van der Waals surface area contributed by atoms with Gasteiger partial charge in [-0.2, -0.15) is 0 Å². The first-order valence-electron chi connectivity index (χ1n) is 10.7. The number of guanidine groups is 1. The Balaban J connectivity index is 1.68. The summed E-state index contributed by atoms with van der Waals surface area (Å²) in [6.07, 6.45) is 0. The number of aliphatic imine (C=N–C) groups is 1. The zero-order chi connectivity index (χ0) is 22.3. The zero-order valence-electron chi connectivity index (χ0n) is 18.7. The molecule has 2 aromatic rings. The summed E-state index contributed by atoms with van der Waals surface area (Å²) in [5.41, 5.74) is 2.03. The summed E-state index contributed by atoms with van der Waals surface area (Å²) < 4.78 is 26.6. The van der Waals surface area contributed by atoms with Crippen LogP contribution in [0, 0.1) is 0 Å². The molecular weight excluding hydrogens is 410 g/mol. The van der Waals surface area contributed by atoms with Crippen LogP contribution in [0.25, 0.3) is 0 Å². The maximum absolute atomic E-state index is 12.7. The second kappa shape index (κ2) is 10.7. The van der Waals surface area contributed by atoms with Crippen LogP contribution in [0.15, 0.2) is 64.5 Å². The van der Waals surface area contributed by atoms with E-state index in [4.69, 9.17) is 4.99 Å². The molecule has 2 aromatic carbocycles. The van der Waals surface area contributed by atoms with E-state index in [1.54, 1.807) is 26.2 Å². The molecular formula is C23H33N5O2S. The number of hydrogen-bond acceptors (Lipinski definition) is 4. The minimum atomic E-state index is -3.51. The molecule has 0 aromatic heterocycles. The van der Waals surface area contributed by atoms with Gasteiger partial charge in [0.1, 0.15) is 0 Å². The Kier molecular flexibility index (Phi) is 8.06. The van der Waals surface area contributed by atoms with Crippen LogP contribution in [-0.2, 0) is 23.1 Å². The number of rotatable bonds is 7. The number of nitrogens with zero attached hydrogens (tertiary/aromatic N) is 4. The average Bonchev–Trinajstić information content (AvgIpc) is 2.78. The van der Waals surface area contributed by atoms with E-state index in [-0.39, 0.29) is 0 Å². The first-order chi connectivity index (χ1) is 14.9. The van der Waals surface area contributed by atoms with Crippen molar-refractivity contribution in [1.82, 2.24) is 19.4 Å². The minimum Gasteiger partial charge on any atom is -0.357 e. The van der Waals surface area contributed by atoms with Crippen LogP contribution in [0.3, 0.4) is 0 Å². The van der Waals surface area contributed by atoms with E-state index in [1.165, 1.54) is 9.87 Å². The second-order valence-corrected chi connectivity index (χ2v) is 9.93. The topological polar surface area (TPSA) is 68.2 Å². The molecule has 1 saturated heterocycles. The molecule has 1 N–H and O–H groups in total. The number of sulfonamides is 1. The van der Waals surface area contributed by atoms with Crippen LogP contribution in [0.2, 0.25) is 0 Å². The molecule has 168 valence electrons. The van der Waals surface area contributed by atoms with Crippen molar-refractivity contribution in [3.8, 4) is 0 Å². The molecule has 0 amide bonds. The number of nitrogens with one attached hydrogen (secondary N) is 1. The first-order valence-corrected chi connectivity index (χ1v) is 12.2. The van der Waals surface area contributed by atoms with Crippen molar-refractivity contribution in [2.45, 2.75) is 24.9 Å². The van der Waals surface area contributed by atoms with Gasteiger partial charge in [0.2, 0.25) is 10.0 Å². The van der Waals surface area contributed by atoms with Gasteiger partial charge >= 0.3 is 0 Å². The highest BCUT2D eigenvalue weighted by atomic mass is 32.2. The number of piperazine rings is 1. The average molecular weight is 444 g/mol. The molecule has 0 atom stereocenters. The molecule has 3 rings (SSSR count). The van der Waals surface area contributed by atoms with Crippen molar-refractivity contribution in [1.29, 1.82) is 0 Å². The highest BCUT2D eigenvalue weighted by Crippen LogP contribution is 2.19. The van der Waals surface area contributed by atoms with E-state index in [1.807, 2.05) is 25.1 Å². The van der Waals surface area contributed by atoms with Gasteiger partial charge in [-0.05, 0) is 24.1 Å². The third kappa shape index (κ3) is 6.06. The van der Waals surface area contributed by atoms with Gasteiger partial charge < -0.3 is 10.2 Å². The van der Waals surface area contributed by atoms with Gasteiger partial charge in [0.15, 0.2) is 5.96 Å².